The molecule has 1 N–H and O–H groups in total. The molecule has 0 aliphatic carbocycles. The molecule has 0 spiro atoms. The van der Waals surface area contributed by atoms with E-state index in [1.54, 1.807) is 29.2 Å². The maximum Gasteiger partial charge on any atom is 0.254 e. The number of morpholine rings is 1. The predicted octanol–water partition coefficient (Wildman–Crippen LogP) is 2.43. The lowest BCUT2D eigenvalue weighted by Gasteiger charge is -2.26. The number of carbonyl (C=O) groups excluding carboxylic acids is 1. The highest BCUT2D eigenvalue weighted by Gasteiger charge is 2.19. The van der Waals surface area contributed by atoms with Gasteiger partial charge in [-0.3, -0.25) is 4.79 Å². The number of ether oxygens (including phenoxy) is 1. The molecular weight excluding hydrogens is 395 g/mol. The van der Waals surface area contributed by atoms with E-state index in [4.69, 9.17) is 16.3 Å². The van der Waals surface area contributed by atoms with Gasteiger partial charge in [-0.25, -0.2) is 17.5 Å². The van der Waals surface area contributed by atoms with Gasteiger partial charge in [-0.05, 0) is 35.9 Å². The van der Waals surface area contributed by atoms with Crippen molar-refractivity contribution < 1.29 is 22.3 Å². The highest BCUT2D eigenvalue weighted by atomic mass is 35.5. The second-order valence-corrected chi connectivity index (χ2v) is 8.18. The van der Waals surface area contributed by atoms with E-state index in [0.29, 0.717) is 37.4 Å². The van der Waals surface area contributed by atoms with Gasteiger partial charge in [0.15, 0.2) is 0 Å². The average Bonchev–Trinajstić information content (AvgIpc) is 2.69. The highest BCUT2D eigenvalue weighted by molar-refractivity contribution is 7.89. The van der Waals surface area contributed by atoms with E-state index < -0.39 is 15.8 Å². The van der Waals surface area contributed by atoms with Gasteiger partial charge in [-0.1, -0.05) is 23.7 Å². The van der Waals surface area contributed by atoms with Crippen LogP contribution in [0.4, 0.5) is 4.39 Å². The molecule has 1 aliphatic heterocycles. The Balaban J connectivity index is 1.64. The fourth-order valence-electron chi connectivity index (χ4n) is 2.62. The number of amides is 1. The summed E-state index contributed by atoms with van der Waals surface area (Å²) in [5.74, 6) is -0.762. The summed E-state index contributed by atoms with van der Waals surface area (Å²) in [5, 5.41) is -0.260. The van der Waals surface area contributed by atoms with Crippen LogP contribution in [0.1, 0.15) is 15.9 Å². The lowest BCUT2D eigenvalue weighted by atomic mass is 10.1. The second-order valence-electron chi connectivity index (χ2n) is 6.00. The predicted molar refractivity (Wildman–Crippen MR) is 98.6 cm³/mol. The van der Waals surface area contributed by atoms with Crippen LogP contribution in [-0.2, 0) is 21.3 Å². The van der Waals surface area contributed by atoms with Crippen LogP contribution in [0.5, 0.6) is 0 Å². The maximum absolute atomic E-state index is 13.2. The molecule has 1 fully saturated rings. The number of nitrogens with zero attached hydrogens (tertiary/aromatic N) is 1. The van der Waals surface area contributed by atoms with Crippen LogP contribution in [0.3, 0.4) is 0 Å². The normalized spacial score (nSPS) is 15.0. The Bertz CT molecular complexity index is 929. The van der Waals surface area contributed by atoms with Crippen molar-refractivity contribution in [3.8, 4) is 0 Å². The lowest BCUT2D eigenvalue weighted by molar-refractivity contribution is 0.0303. The number of nitrogens with one attached hydrogen (secondary N) is 1. The third-order valence-corrected chi connectivity index (χ3v) is 5.86. The summed E-state index contributed by atoms with van der Waals surface area (Å²) in [7, 11) is -3.83. The molecule has 1 saturated heterocycles. The highest BCUT2D eigenvalue weighted by Crippen LogP contribution is 2.19. The third-order valence-electron chi connectivity index (χ3n) is 4.17. The Kier molecular flexibility index (Phi) is 6.11. The molecule has 0 radical (unpaired) electrons. The van der Waals surface area contributed by atoms with Crippen molar-refractivity contribution in [2.45, 2.75) is 11.4 Å². The molecular formula is C18H18ClFN2O4S. The summed E-state index contributed by atoms with van der Waals surface area (Å²) in [4.78, 5) is 14.0. The van der Waals surface area contributed by atoms with Crippen molar-refractivity contribution >= 4 is 27.5 Å². The summed E-state index contributed by atoms with van der Waals surface area (Å²) in [6.45, 7) is 2.20. The van der Waals surface area contributed by atoms with Gasteiger partial charge in [-0.15, -0.1) is 0 Å². The molecule has 1 amide bonds. The minimum Gasteiger partial charge on any atom is -0.378 e. The number of hydrogen-bond acceptors (Lipinski definition) is 4. The van der Waals surface area contributed by atoms with Gasteiger partial charge in [0.2, 0.25) is 10.0 Å². The van der Waals surface area contributed by atoms with E-state index in [1.807, 2.05) is 0 Å². The Morgan fingerprint density at radius 3 is 2.44 bits per heavy atom. The quantitative estimate of drug-likeness (QED) is 0.818. The molecule has 144 valence electrons. The van der Waals surface area contributed by atoms with Gasteiger partial charge in [0, 0.05) is 25.2 Å². The van der Waals surface area contributed by atoms with Crippen LogP contribution in [0.15, 0.2) is 47.4 Å². The number of halogens is 2. The van der Waals surface area contributed by atoms with Gasteiger partial charge in [0.05, 0.1) is 23.1 Å². The monoisotopic (exact) mass is 412 g/mol. The Hall–Kier alpha value is -2.00. The Morgan fingerprint density at radius 2 is 1.81 bits per heavy atom. The standard InChI is InChI=1S/C18H18ClFN2O4S/c19-16-11-15(5-6-17(16)20)27(24,25)21-12-13-1-3-14(4-2-13)18(23)22-7-9-26-10-8-22/h1-6,11,21H,7-10,12H2. The minimum atomic E-state index is -3.83. The molecule has 3 rings (SSSR count). The molecule has 0 bridgehead atoms. The van der Waals surface area contributed by atoms with E-state index in [2.05, 4.69) is 4.72 Å². The summed E-state index contributed by atoms with van der Waals surface area (Å²) in [5.41, 5.74) is 1.22. The molecule has 9 heteroatoms. The first kappa shape index (κ1) is 19.8. The first-order valence-electron chi connectivity index (χ1n) is 8.27. The van der Waals surface area contributed by atoms with Gasteiger partial charge in [0.25, 0.3) is 5.91 Å². The first-order chi connectivity index (χ1) is 12.9. The van der Waals surface area contributed by atoms with Crippen LogP contribution < -0.4 is 4.72 Å². The number of carbonyl (C=O) groups is 1. The van der Waals surface area contributed by atoms with Crippen LogP contribution in [0.2, 0.25) is 5.02 Å². The molecule has 6 nitrogen and oxygen atoms in total. The molecule has 2 aromatic carbocycles. The van der Waals surface area contributed by atoms with Gasteiger partial charge in [-0.2, -0.15) is 0 Å². The zero-order chi connectivity index (χ0) is 19.4. The fourth-order valence-corrected chi connectivity index (χ4v) is 3.91. The van der Waals surface area contributed by atoms with Crippen LogP contribution in [0, 0.1) is 5.82 Å². The first-order valence-corrected chi connectivity index (χ1v) is 10.1. The number of benzene rings is 2. The van der Waals surface area contributed by atoms with Gasteiger partial charge < -0.3 is 9.64 Å². The molecule has 0 aromatic heterocycles. The smallest absolute Gasteiger partial charge is 0.254 e. The zero-order valence-electron chi connectivity index (χ0n) is 14.3. The minimum absolute atomic E-state index is 0.0311. The molecule has 0 saturated carbocycles. The topological polar surface area (TPSA) is 75.7 Å². The molecule has 2 aromatic rings. The van der Waals surface area contributed by atoms with Crippen LogP contribution in [-0.4, -0.2) is 45.5 Å². The summed E-state index contributed by atoms with van der Waals surface area (Å²) in [6, 6.07) is 9.91. The second kappa shape index (κ2) is 8.35. The Labute approximate surface area is 161 Å². The molecule has 27 heavy (non-hydrogen) atoms. The van der Waals surface area contributed by atoms with Crippen molar-refractivity contribution in [3.63, 3.8) is 0 Å². The summed E-state index contributed by atoms with van der Waals surface area (Å²) >= 11 is 5.64. The van der Waals surface area contributed by atoms with Crippen molar-refractivity contribution in [1.82, 2.24) is 9.62 Å². The third kappa shape index (κ3) is 4.84. The van der Waals surface area contributed by atoms with Crippen molar-refractivity contribution in [1.29, 1.82) is 0 Å². The maximum atomic E-state index is 13.2. The van der Waals surface area contributed by atoms with Gasteiger partial charge in [0.1, 0.15) is 5.82 Å². The molecule has 0 atom stereocenters. The van der Waals surface area contributed by atoms with Crippen molar-refractivity contribution in [2.24, 2.45) is 0 Å². The number of rotatable bonds is 5. The van der Waals surface area contributed by atoms with E-state index in [9.17, 15) is 17.6 Å². The molecule has 0 unspecified atom stereocenters. The summed E-state index contributed by atoms with van der Waals surface area (Å²) < 4.78 is 45.4. The van der Waals surface area contributed by atoms with E-state index in [1.165, 1.54) is 0 Å². The Morgan fingerprint density at radius 1 is 1.15 bits per heavy atom. The number of hydrogen-bond donors (Lipinski definition) is 1. The average molecular weight is 413 g/mol. The largest absolute Gasteiger partial charge is 0.378 e. The van der Waals surface area contributed by atoms with Gasteiger partial charge >= 0.3 is 0 Å². The fraction of sp³-hybridized carbons (Fsp3) is 0.278. The molecule has 1 aliphatic rings. The number of sulfonamides is 1. The SMILES string of the molecule is O=C(c1ccc(CNS(=O)(=O)c2ccc(F)c(Cl)c2)cc1)N1CCOCC1. The van der Waals surface area contributed by atoms with Crippen LogP contribution in [0.25, 0.3) is 0 Å². The van der Waals surface area contributed by atoms with Crippen molar-refractivity contribution in [2.75, 3.05) is 26.3 Å². The van der Waals surface area contributed by atoms with E-state index in [0.717, 1.165) is 18.2 Å². The van der Waals surface area contributed by atoms with Crippen molar-refractivity contribution in [3.05, 3.63) is 64.4 Å². The van der Waals surface area contributed by atoms with E-state index in [-0.39, 0.29) is 22.4 Å². The lowest BCUT2D eigenvalue weighted by Crippen LogP contribution is -2.40. The zero-order valence-corrected chi connectivity index (χ0v) is 15.9. The summed E-state index contributed by atoms with van der Waals surface area (Å²) in [6.07, 6.45) is 0. The molecule has 1 heterocycles. The van der Waals surface area contributed by atoms with E-state index >= 15 is 0 Å². The van der Waals surface area contributed by atoms with Crippen LogP contribution >= 0.6 is 11.6 Å².